The van der Waals surface area contributed by atoms with Crippen molar-refractivity contribution in [3.63, 3.8) is 0 Å². The van der Waals surface area contributed by atoms with Gasteiger partial charge in [0.25, 0.3) is 0 Å². The summed E-state index contributed by atoms with van der Waals surface area (Å²) in [6.45, 7) is 2.04. The number of aromatic nitrogens is 1. The molecule has 2 N–H and O–H groups in total. The van der Waals surface area contributed by atoms with E-state index < -0.39 is 0 Å². The van der Waals surface area contributed by atoms with Gasteiger partial charge in [0.2, 0.25) is 0 Å². The molecule has 0 amide bonds. The summed E-state index contributed by atoms with van der Waals surface area (Å²) in [4.78, 5) is 0. The summed E-state index contributed by atoms with van der Waals surface area (Å²) in [5.74, 6) is 0. The minimum Gasteiger partial charge on any atom is -0.396 e. The van der Waals surface area contributed by atoms with Crippen LogP contribution in [-0.4, -0.2) is 4.57 Å². The molecular formula is C53H40N2. The molecule has 1 heterocycles. The maximum atomic E-state index is 7.01. The van der Waals surface area contributed by atoms with Crippen molar-refractivity contribution in [3.05, 3.63) is 193 Å². The predicted octanol–water partition coefficient (Wildman–Crippen LogP) is 14.4. The molecular weight excluding hydrogens is 665 g/mol. The standard InChI is InChI=1S/C53H40N2/c1-2-15-50-53(54)48-34-38(28-29-49(48)55(50)43-20-7-4-8-21-43)41-31-40(35-16-5-3-6-17-35)32-42(33-41)52-46-24-13-11-22-44(46)51(45-23-12-14-25-47(45)52)39-27-26-36-18-9-10-19-37(36)30-39/h2-5,7-16,18-34H,6,17,54H2,1H3/b15-2-. The van der Waals surface area contributed by atoms with E-state index in [9.17, 15) is 0 Å². The third-order valence-corrected chi connectivity index (χ3v) is 11.3. The predicted molar refractivity (Wildman–Crippen MR) is 238 cm³/mol. The zero-order chi connectivity index (χ0) is 36.9. The highest BCUT2D eigenvalue weighted by molar-refractivity contribution is 6.22. The molecule has 0 unspecified atom stereocenters. The highest BCUT2D eigenvalue weighted by Crippen LogP contribution is 2.46. The first kappa shape index (κ1) is 32.7. The van der Waals surface area contributed by atoms with Gasteiger partial charge in [-0.15, -0.1) is 0 Å². The van der Waals surface area contributed by atoms with Crippen LogP contribution in [0.25, 0.3) is 93.9 Å². The zero-order valence-electron chi connectivity index (χ0n) is 30.8. The number of fused-ring (bicyclic) bond motifs is 4. The van der Waals surface area contributed by atoms with Gasteiger partial charge < -0.3 is 10.3 Å². The number of anilines is 1. The molecule has 262 valence electrons. The molecule has 2 heteroatoms. The van der Waals surface area contributed by atoms with Crippen LogP contribution >= 0.6 is 0 Å². The van der Waals surface area contributed by atoms with Gasteiger partial charge in [-0.1, -0.05) is 133 Å². The van der Waals surface area contributed by atoms with Gasteiger partial charge in [-0.05, 0) is 151 Å². The fraction of sp³-hybridized carbons (Fsp3) is 0.0566. The monoisotopic (exact) mass is 704 g/mol. The van der Waals surface area contributed by atoms with Crippen LogP contribution in [-0.2, 0) is 0 Å². The number of hydrogen-bond acceptors (Lipinski definition) is 1. The van der Waals surface area contributed by atoms with Gasteiger partial charge in [0, 0.05) is 11.1 Å². The summed E-state index contributed by atoms with van der Waals surface area (Å²) in [6, 6.07) is 57.9. The van der Waals surface area contributed by atoms with E-state index in [1.54, 1.807) is 0 Å². The van der Waals surface area contributed by atoms with Crippen molar-refractivity contribution in [2.45, 2.75) is 19.8 Å². The Kier molecular flexibility index (Phi) is 8.03. The normalized spacial score (nSPS) is 13.1. The summed E-state index contributed by atoms with van der Waals surface area (Å²) in [5.41, 5.74) is 20.9. The molecule has 1 aliphatic carbocycles. The van der Waals surface area contributed by atoms with E-state index in [1.165, 1.54) is 71.3 Å². The van der Waals surface area contributed by atoms with Crippen LogP contribution in [0, 0.1) is 0 Å². The van der Waals surface area contributed by atoms with E-state index in [-0.39, 0.29) is 0 Å². The van der Waals surface area contributed by atoms with E-state index in [1.807, 2.05) is 6.92 Å². The molecule has 0 saturated carbocycles. The highest BCUT2D eigenvalue weighted by Gasteiger charge is 2.20. The lowest BCUT2D eigenvalue weighted by Crippen LogP contribution is -1.97. The molecule has 0 bridgehead atoms. The van der Waals surface area contributed by atoms with Crippen LogP contribution in [0.15, 0.2) is 182 Å². The second-order valence-electron chi connectivity index (χ2n) is 14.6. The number of nitrogens with zero attached hydrogens (tertiary/aromatic N) is 1. The molecule has 8 aromatic carbocycles. The number of nitrogen functional groups attached to an aromatic ring is 1. The van der Waals surface area contributed by atoms with Crippen LogP contribution in [0.2, 0.25) is 0 Å². The summed E-state index contributed by atoms with van der Waals surface area (Å²) >= 11 is 0. The lowest BCUT2D eigenvalue weighted by molar-refractivity contribution is 1.05. The molecule has 9 aromatic rings. The second kappa shape index (κ2) is 13.5. The Hall–Kier alpha value is -6.90. The molecule has 55 heavy (non-hydrogen) atoms. The Morgan fingerprint density at radius 1 is 0.527 bits per heavy atom. The molecule has 10 rings (SSSR count). The molecule has 0 radical (unpaired) electrons. The summed E-state index contributed by atoms with van der Waals surface area (Å²) < 4.78 is 2.27. The van der Waals surface area contributed by atoms with Gasteiger partial charge in [-0.2, -0.15) is 0 Å². The topological polar surface area (TPSA) is 30.9 Å². The van der Waals surface area contributed by atoms with Crippen LogP contribution in [0.5, 0.6) is 0 Å². The van der Waals surface area contributed by atoms with Crippen molar-refractivity contribution in [1.82, 2.24) is 4.57 Å². The number of benzene rings is 8. The largest absolute Gasteiger partial charge is 0.396 e. The molecule has 0 aliphatic heterocycles. The average molecular weight is 705 g/mol. The molecule has 1 aliphatic rings. The first-order valence-corrected chi connectivity index (χ1v) is 19.2. The van der Waals surface area contributed by atoms with Gasteiger partial charge in [-0.25, -0.2) is 0 Å². The lowest BCUT2D eigenvalue weighted by atomic mass is 9.83. The highest BCUT2D eigenvalue weighted by atomic mass is 15.0. The maximum Gasteiger partial charge on any atom is 0.0695 e. The number of para-hydroxylation sites is 1. The Morgan fingerprint density at radius 3 is 1.84 bits per heavy atom. The van der Waals surface area contributed by atoms with Crippen LogP contribution in [0.1, 0.15) is 31.0 Å². The first-order valence-electron chi connectivity index (χ1n) is 19.2. The number of allylic oxidation sites excluding steroid dienone is 5. The summed E-state index contributed by atoms with van der Waals surface area (Å²) in [5, 5.41) is 8.57. The van der Waals surface area contributed by atoms with Gasteiger partial charge in [-0.3, -0.25) is 0 Å². The van der Waals surface area contributed by atoms with E-state index in [4.69, 9.17) is 5.73 Å². The average Bonchev–Trinajstić information content (AvgIpc) is 3.52. The van der Waals surface area contributed by atoms with Crippen molar-refractivity contribution in [3.8, 4) is 39.1 Å². The fourth-order valence-corrected chi connectivity index (χ4v) is 8.75. The van der Waals surface area contributed by atoms with E-state index in [2.05, 4.69) is 193 Å². The third-order valence-electron chi connectivity index (χ3n) is 11.3. The van der Waals surface area contributed by atoms with E-state index in [0.717, 1.165) is 46.4 Å². The first-order chi connectivity index (χ1) is 27.2. The van der Waals surface area contributed by atoms with Gasteiger partial charge in [0.15, 0.2) is 0 Å². The molecule has 0 spiro atoms. The molecule has 0 fully saturated rings. The van der Waals surface area contributed by atoms with Crippen molar-refractivity contribution in [1.29, 1.82) is 0 Å². The summed E-state index contributed by atoms with van der Waals surface area (Å²) in [6.07, 6.45) is 13.0. The van der Waals surface area contributed by atoms with Gasteiger partial charge in [0.05, 0.1) is 16.9 Å². The van der Waals surface area contributed by atoms with Crippen molar-refractivity contribution in [2.24, 2.45) is 0 Å². The van der Waals surface area contributed by atoms with Crippen LogP contribution in [0.3, 0.4) is 0 Å². The maximum absolute atomic E-state index is 7.01. The quantitative estimate of drug-likeness (QED) is 0.172. The number of nitrogens with two attached hydrogens (primary N) is 1. The minimum absolute atomic E-state index is 0.788. The Labute approximate surface area is 321 Å². The van der Waals surface area contributed by atoms with E-state index in [0.29, 0.717) is 0 Å². The van der Waals surface area contributed by atoms with Crippen LogP contribution in [0.4, 0.5) is 5.69 Å². The Morgan fingerprint density at radius 2 is 1.15 bits per heavy atom. The summed E-state index contributed by atoms with van der Waals surface area (Å²) in [7, 11) is 0. The Balaban J connectivity index is 1.23. The zero-order valence-corrected chi connectivity index (χ0v) is 30.8. The smallest absolute Gasteiger partial charge is 0.0695 e. The molecule has 0 atom stereocenters. The van der Waals surface area contributed by atoms with Crippen molar-refractivity contribution < 1.29 is 0 Å². The lowest BCUT2D eigenvalue weighted by Gasteiger charge is -2.20. The molecule has 0 saturated heterocycles. The Bertz CT molecular complexity index is 2990. The van der Waals surface area contributed by atoms with Crippen molar-refractivity contribution >= 4 is 60.6 Å². The third kappa shape index (κ3) is 5.57. The second-order valence-corrected chi connectivity index (χ2v) is 14.6. The SMILES string of the molecule is C/C=C\c1c(N)c2cc(-c3cc(C4=CC=CCC4)cc(-c4c5ccccc5c(-c5ccc6ccccc6c5)c5ccccc45)c3)ccc2n1-c1ccccc1. The van der Waals surface area contributed by atoms with E-state index >= 15 is 0 Å². The van der Waals surface area contributed by atoms with Crippen molar-refractivity contribution in [2.75, 3.05) is 5.73 Å². The number of hydrogen-bond donors (Lipinski definition) is 1. The molecule has 2 nitrogen and oxygen atoms in total. The van der Waals surface area contributed by atoms with Gasteiger partial charge >= 0.3 is 0 Å². The number of rotatable bonds is 6. The van der Waals surface area contributed by atoms with Crippen LogP contribution < -0.4 is 5.73 Å². The molecule has 1 aromatic heterocycles. The minimum atomic E-state index is 0.788. The van der Waals surface area contributed by atoms with Gasteiger partial charge in [0.1, 0.15) is 0 Å². The fourth-order valence-electron chi connectivity index (χ4n) is 8.75.